The van der Waals surface area contributed by atoms with Gasteiger partial charge in [-0.05, 0) is 96.5 Å². The molecule has 45 heavy (non-hydrogen) atoms. The van der Waals surface area contributed by atoms with Gasteiger partial charge in [-0.2, -0.15) is 0 Å². The van der Waals surface area contributed by atoms with Crippen LogP contribution in [0.25, 0.3) is 36.8 Å². The number of rotatable bonds is 7. The summed E-state index contributed by atoms with van der Waals surface area (Å²) in [5, 5.41) is 0. The standard InChI is InChI=1S/C43H37S2/c1-30-16-8-12-22-36(30)40-26-34(27-41(44-40)37-23-13-9-17-31(37)2)20-6-5-7-21-35-28-42(38-24-14-10-18-32(38)3)45-43(29-35)39-25-15-11-19-33(39)4/h5-29H,1-4H3/q+1. The van der Waals surface area contributed by atoms with Crippen molar-refractivity contribution in [2.45, 2.75) is 27.7 Å². The smallest absolute Gasteiger partial charge is 0.0888 e. The normalized spacial score (nSPS) is 13.3. The first-order chi connectivity index (χ1) is 22.0. The van der Waals surface area contributed by atoms with Gasteiger partial charge in [0.25, 0.3) is 0 Å². The maximum atomic E-state index is 2.31. The van der Waals surface area contributed by atoms with Gasteiger partial charge in [-0.3, -0.25) is 0 Å². The summed E-state index contributed by atoms with van der Waals surface area (Å²) in [4.78, 5) is 5.12. The summed E-state index contributed by atoms with van der Waals surface area (Å²) in [6.45, 7) is 8.76. The summed E-state index contributed by atoms with van der Waals surface area (Å²) in [7, 11) is 0. The highest BCUT2D eigenvalue weighted by Crippen LogP contribution is 2.45. The van der Waals surface area contributed by atoms with Gasteiger partial charge < -0.3 is 0 Å². The van der Waals surface area contributed by atoms with Crippen molar-refractivity contribution in [2.24, 2.45) is 0 Å². The third-order valence-corrected chi connectivity index (χ3v) is 10.3. The van der Waals surface area contributed by atoms with E-state index in [0.29, 0.717) is 0 Å². The van der Waals surface area contributed by atoms with Crippen LogP contribution in [0.1, 0.15) is 38.9 Å². The van der Waals surface area contributed by atoms with Crippen LogP contribution in [-0.2, 0) is 0 Å². The average Bonchev–Trinajstić information content (AvgIpc) is 3.05. The van der Waals surface area contributed by atoms with Gasteiger partial charge in [-0.25, -0.2) is 0 Å². The quantitative estimate of drug-likeness (QED) is 0.129. The number of aryl methyl sites for hydroxylation is 4. The summed E-state index contributed by atoms with van der Waals surface area (Å²) in [5.41, 5.74) is 12.7. The Hall–Kier alpha value is -4.50. The highest BCUT2D eigenvalue weighted by molar-refractivity contribution is 8.16. The van der Waals surface area contributed by atoms with E-state index in [1.165, 1.54) is 75.2 Å². The van der Waals surface area contributed by atoms with Gasteiger partial charge in [-0.1, -0.05) is 127 Å². The van der Waals surface area contributed by atoms with E-state index in [1.54, 1.807) is 0 Å². The molecule has 0 bridgehead atoms. The Kier molecular flexibility index (Phi) is 9.55. The Morgan fingerprint density at radius 2 is 0.911 bits per heavy atom. The molecule has 2 heteroatoms. The van der Waals surface area contributed by atoms with E-state index in [9.17, 15) is 0 Å². The minimum atomic E-state index is 1.19. The average molecular weight is 618 g/mol. The molecule has 0 nitrogen and oxygen atoms in total. The van der Waals surface area contributed by atoms with Crippen molar-refractivity contribution in [2.75, 3.05) is 0 Å². The molecule has 1 aromatic heterocycles. The topological polar surface area (TPSA) is 0 Å². The van der Waals surface area contributed by atoms with E-state index in [0.717, 1.165) is 0 Å². The molecule has 0 radical (unpaired) electrons. The van der Waals surface area contributed by atoms with Crippen LogP contribution in [0, 0.1) is 27.7 Å². The fourth-order valence-corrected chi connectivity index (χ4v) is 8.17. The molecule has 6 rings (SSSR count). The zero-order valence-corrected chi connectivity index (χ0v) is 27.9. The molecule has 220 valence electrons. The molecule has 0 N–H and O–H groups in total. The van der Waals surface area contributed by atoms with E-state index < -0.39 is 0 Å². The number of benzene rings is 4. The zero-order valence-electron chi connectivity index (χ0n) is 26.3. The monoisotopic (exact) mass is 617 g/mol. The van der Waals surface area contributed by atoms with Crippen LogP contribution in [0.5, 0.6) is 0 Å². The van der Waals surface area contributed by atoms with Crippen molar-refractivity contribution in [3.63, 3.8) is 0 Å². The number of allylic oxidation sites excluding steroid dienone is 7. The molecule has 1 aliphatic heterocycles. The van der Waals surface area contributed by atoms with Crippen LogP contribution < -0.4 is 0 Å². The molecule has 0 spiro atoms. The van der Waals surface area contributed by atoms with Crippen molar-refractivity contribution in [1.82, 2.24) is 0 Å². The Morgan fingerprint density at radius 1 is 0.489 bits per heavy atom. The van der Waals surface area contributed by atoms with E-state index in [2.05, 4.69) is 179 Å². The van der Waals surface area contributed by atoms with Crippen molar-refractivity contribution in [3.8, 4) is 20.9 Å². The number of thioether (sulfide) groups is 1. The summed E-state index contributed by atoms with van der Waals surface area (Å²) in [6.07, 6.45) is 15.5. The molecule has 0 fully saturated rings. The van der Waals surface area contributed by atoms with Crippen LogP contribution >= 0.6 is 23.1 Å². The van der Waals surface area contributed by atoms with E-state index >= 15 is 0 Å². The van der Waals surface area contributed by atoms with Crippen molar-refractivity contribution >= 4 is 39.0 Å². The first-order valence-electron chi connectivity index (χ1n) is 15.3. The van der Waals surface area contributed by atoms with Crippen LogP contribution in [0.3, 0.4) is 0 Å². The van der Waals surface area contributed by atoms with Crippen LogP contribution in [0.4, 0.5) is 0 Å². The fourth-order valence-electron chi connectivity index (χ4n) is 5.56. The van der Waals surface area contributed by atoms with Gasteiger partial charge in [0.15, 0.2) is 0 Å². The lowest BCUT2D eigenvalue weighted by molar-refractivity contribution is 1.43. The van der Waals surface area contributed by atoms with Gasteiger partial charge in [0.05, 0.1) is 0 Å². The van der Waals surface area contributed by atoms with E-state index in [4.69, 9.17) is 0 Å². The Balaban J connectivity index is 1.33. The van der Waals surface area contributed by atoms with E-state index in [1.807, 2.05) is 23.1 Å². The van der Waals surface area contributed by atoms with Gasteiger partial charge in [0, 0.05) is 33.1 Å². The largest absolute Gasteiger partial charge is 0.239 e. The summed E-state index contributed by atoms with van der Waals surface area (Å²) in [6, 6.07) is 39.2. The molecular formula is C43H37S2+. The van der Waals surface area contributed by atoms with Crippen molar-refractivity contribution < 1.29 is 0 Å². The Morgan fingerprint density at radius 3 is 1.36 bits per heavy atom. The second kappa shape index (κ2) is 14.1. The molecule has 2 heterocycles. The molecular weight excluding hydrogens is 581 g/mol. The van der Waals surface area contributed by atoms with Crippen LogP contribution in [0.2, 0.25) is 0 Å². The molecule has 0 aliphatic carbocycles. The lowest BCUT2D eigenvalue weighted by Gasteiger charge is -2.19. The van der Waals surface area contributed by atoms with Crippen molar-refractivity contribution in [1.29, 1.82) is 0 Å². The molecule has 0 saturated heterocycles. The van der Waals surface area contributed by atoms with Gasteiger partial charge in [0.1, 0.15) is 0 Å². The summed E-state index contributed by atoms with van der Waals surface area (Å²) in [5.74, 6) is 0. The summed E-state index contributed by atoms with van der Waals surface area (Å²) < 4.78 is 0. The van der Waals surface area contributed by atoms with Gasteiger partial charge in [0.2, 0.25) is 21.1 Å². The molecule has 5 aromatic rings. The zero-order chi connectivity index (χ0) is 31.2. The Labute approximate surface area is 276 Å². The molecule has 4 aromatic carbocycles. The minimum absolute atomic E-state index is 1.19. The van der Waals surface area contributed by atoms with Crippen molar-refractivity contribution in [3.05, 3.63) is 190 Å². The highest BCUT2D eigenvalue weighted by atomic mass is 32.2. The van der Waals surface area contributed by atoms with Crippen LogP contribution in [-0.4, -0.2) is 0 Å². The third-order valence-electron chi connectivity index (χ3n) is 8.07. The predicted octanol–water partition coefficient (Wildman–Crippen LogP) is 12.9. The SMILES string of the molecule is Cc1ccccc1C1=CC(=CC=CC=Cc2cc(-c3ccccc3C)[s+]c(-c3ccccc3C)c2)C=C(c2ccccc2C)S1. The fraction of sp³-hybridized carbons (Fsp3) is 0.0930. The molecule has 0 atom stereocenters. The second-order valence-electron chi connectivity index (χ2n) is 11.4. The molecule has 0 amide bonds. The van der Waals surface area contributed by atoms with Crippen LogP contribution in [0.15, 0.2) is 151 Å². The lowest BCUT2D eigenvalue weighted by atomic mass is 10.0. The minimum Gasteiger partial charge on any atom is -0.0888 e. The van der Waals surface area contributed by atoms with Gasteiger partial charge in [-0.15, -0.1) is 0 Å². The number of hydrogen-bond donors (Lipinski definition) is 0. The molecule has 0 saturated carbocycles. The Bertz CT molecular complexity index is 1890. The molecule has 1 aliphatic rings. The number of hydrogen-bond acceptors (Lipinski definition) is 1. The highest BCUT2D eigenvalue weighted by Gasteiger charge is 2.20. The lowest BCUT2D eigenvalue weighted by Crippen LogP contribution is -1.94. The predicted molar refractivity (Wildman–Crippen MR) is 201 cm³/mol. The molecule has 0 unspecified atom stereocenters. The van der Waals surface area contributed by atoms with Gasteiger partial charge >= 0.3 is 0 Å². The first kappa shape index (κ1) is 30.5. The second-order valence-corrected chi connectivity index (χ2v) is 13.6. The van der Waals surface area contributed by atoms with E-state index in [-0.39, 0.29) is 0 Å². The maximum absolute atomic E-state index is 2.31. The maximum Gasteiger partial charge on any atom is 0.239 e. The summed E-state index contributed by atoms with van der Waals surface area (Å²) >= 11 is 3.71. The third kappa shape index (κ3) is 7.26. The first-order valence-corrected chi connectivity index (χ1v) is 17.0.